The molecule has 0 saturated heterocycles. The fourth-order valence-electron chi connectivity index (χ4n) is 1.23. The lowest BCUT2D eigenvalue weighted by Gasteiger charge is -2.32. The molecule has 2 atom stereocenters. The highest BCUT2D eigenvalue weighted by atomic mass is 19.4. The quantitative estimate of drug-likeness (QED) is 0.746. The molecular formula is C10H20F3NO2. The predicted octanol–water partition coefficient (Wildman–Crippen LogP) is 1.70. The van der Waals surface area contributed by atoms with E-state index in [1.165, 1.54) is 0 Å². The lowest BCUT2D eigenvalue weighted by molar-refractivity contribution is -0.219. The van der Waals surface area contributed by atoms with E-state index in [1.807, 2.05) is 13.8 Å². The van der Waals surface area contributed by atoms with Gasteiger partial charge in [0.1, 0.15) is 0 Å². The minimum absolute atomic E-state index is 0.0574. The number of ether oxygens (including phenoxy) is 1. The van der Waals surface area contributed by atoms with Crippen LogP contribution in [0, 0.1) is 0 Å². The maximum atomic E-state index is 12.2. The summed E-state index contributed by atoms with van der Waals surface area (Å²) < 4.78 is 41.3. The van der Waals surface area contributed by atoms with Gasteiger partial charge in [0.25, 0.3) is 0 Å². The van der Waals surface area contributed by atoms with Crippen molar-refractivity contribution in [2.24, 2.45) is 0 Å². The molecule has 16 heavy (non-hydrogen) atoms. The molecule has 0 heterocycles. The Bertz CT molecular complexity index is 209. The molecule has 0 aromatic carbocycles. The van der Waals surface area contributed by atoms with Crippen molar-refractivity contribution in [1.29, 1.82) is 0 Å². The maximum absolute atomic E-state index is 12.2. The topological polar surface area (TPSA) is 41.5 Å². The molecule has 0 bridgehead atoms. The third kappa shape index (κ3) is 5.67. The van der Waals surface area contributed by atoms with Crippen LogP contribution < -0.4 is 5.32 Å². The van der Waals surface area contributed by atoms with E-state index in [2.05, 4.69) is 5.32 Å². The van der Waals surface area contributed by atoms with Gasteiger partial charge in [0, 0.05) is 6.04 Å². The van der Waals surface area contributed by atoms with Crippen LogP contribution in [-0.4, -0.2) is 42.2 Å². The fourth-order valence-corrected chi connectivity index (χ4v) is 1.23. The Balaban J connectivity index is 4.24. The highest BCUT2D eigenvalue weighted by Crippen LogP contribution is 2.23. The molecule has 6 heteroatoms. The zero-order valence-corrected chi connectivity index (χ0v) is 10.1. The van der Waals surface area contributed by atoms with Gasteiger partial charge < -0.3 is 15.2 Å². The van der Waals surface area contributed by atoms with Crippen LogP contribution in [0.1, 0.15) is 27.7 Å². The van der Waals surface area contributed by atoms with Gasteiger partial charge in [-0.15, -0.1) is 0 Å². The SMILES string of the molecule is CC(C)NC(C)(CO)COC(C)C(F)(F)F. The van der Waals surface area contributed by atoms with Crippen molar-refractivity contribution in [2.75, 3.05) is 13.2 Å². The van der Waals surface area contributed by atoms with E-state index in [0.717, 1.165) is 6.92 Å². The summed E-state index contributed by atoms with van der Waals surface area (Å²) in [5.41, 5.74) is -0.853. The molecule has 0 aliphatic carbocycles. The Labute approximate surface area is 94.0 Å². The average Bonchev–Trinajstić information content (AvgIpc) is 2.11. The highest BCUT2D eigenvalue weighted by molar-refractivity contribution is 4.84. The molecule has 0 aliphatic heterocycles. The molecule has 0 aliphatic rings. The van der Waals surface area contributed by atoms with Crippen molar-refractivity contribution >= 4 is 0 Å². The zero-order valence-electron chi connectivity index (χ0n) is 10.1. The summed E-state index contributed by atoms with van der Waals surface area (Å²) >= 11 is 0. The summed E-state index contributed by atoms with van der Waals surface area (Å²) in [6, 6.07) is 0.0574. The van der Waals surface area contributed by atoms with Gasteiger partial charge in [-0.3, -0.25) is 0 Å². The molecule has 0 saturated carbocycles. The molecule has 0 fully saturated rings. The summed E-state index contributed by atoms with van der Waals surface area (Å²) in [5, 5.41) is 12.1. The number of rotatable bonds is 6. The van der Waals surface area contributed by atoms with E-state index >= 15 is 0 Å². The second-order valence-corrected chi connectivity index (χ2v) is 4.51. The standard InChI is InChI=1S/C10H20F3NO2/c1-7(2)14-9(4,5-15)6-16-8(3)10(11,12)13/h7-8,14-15H,5-6H2,1-4H3. The molecule has 3 nitrogen and oxygen atoms in total. The van der Waals surface area contributed by atoms with Gasteiger partial charge in [0.2, 0.25) is 0 Å². The van der Waals surface area contributed by atoms with E-state index in [1.54, 1.807) is 6.92 Å². The van der Waals surface area contributed by atoms with Gasteiger partial charge in [-0.1, -0.05) is 13.8 Å². The number of halogens is 3. The zero-order chi connectivity index (χ0) is 13.0. The normalized spacial score (nSPS) is 18.6. The van der Waals surface area contributed by atoms with E-state index in [0.29, 0.717) is 0 Å². The van der Waals surface area contributed by atoms with Gasteiger partial charge >= 0.3 is 6.18 Å². The van der Waals surface area contributed by atoms with Crippen LogP contribution in [0.3, 0.4) is 0 Å². The summed E-state index contributed by atoms with van der Waals surface area (Å²) in [6.07, 6.45) is -6.19. The monoisotopic (exact) mass is 243 g/mol. The number of aliphatic hydroxyl groups is 1. The van der Waals surface area contributed by atoms with Crippen molar-refractivity contribution < 1.29 is 23.0 Å². The molecule has 2 N–H and O–H groups in total. The van der Waals surface area contributed by atoms with Gasteiger partial charge in [0.05, 0.1) is 18.8 Å². The highest BCUT2D eigenvalue weighted by Gasteiger charge is 2.38. The summed E-state index contributed by atoms with van der Waals surface area (Å²) in [4.78, 5) is 0. The maximum Gasteiger partial charge on any atom is 0.414 e. The van der Waals surface area contributed by atoms with Crippen LogP contribution in [0.25, 0.3) is 0 Å². The Morgan fingerprint density at radius 1 is 1.25 bits per heavy atom. The Hall–Kier alpha value is -0.330. The third-order valence-corrected chi connectivity index (χ3v) is 2.10. The van der Waals surface area contributed by atoms with Crippen molar-refractivity contribution in [2.45, 2.75) is 51.6 Å². The van der Waals surface area contributed by atoms with Crippen LogP contribution in [0.5, 0.6) is 0 Å². The molecule has 0 aromatic rings. The van der Waals surface area contributed by atoms with Crippen molar-refractivity contribution in [1.82, 2.24) is 5.32 Å². The lowest BCUT2D eigenvalue weighted by atomic mass is 10.0. The van der Waals surface area contributed by atoms with E-state index in [4.69, 9.17) is 9.84 Å². The first-order valence-electron chi connectivity index (χ1n) is 5.17. The Morgan fingerprint density at radius 2 is 1.75 bits per heavy atom. The minimum atomic E-state index is -4.37. The van der Waals surface area contributed by atoms with Gasteiger partial charge in [-0.05, 0) is 13.8 Å². The molecule has 2 unspecified atom stereocenters. The smallest absolute Gasteiger partial charge is 0.394 e. The van der Waals surface area contributed by atoms with E-state index in [9.17, 15) is 13.2 Å². The first-order chi connectivity index (χ1) is 7.10. The first kappa shape index (κ1) is 15.7. The summed E-state index contributed by atoms with van der Waals surface area (Å²) in [6.45, 7) is 5.80. The van der Waals surface area contributed by atoms with Crippen LogP contribution in [0.2, 0.25) is 0 Å². The van der Waals surface area contributed by atoms with Gasteiger partial charge in [-0.2, -0.15) is 13.2 Å². The molecule has 0 amide bonds. The second kappa shape index (κ2) is 5.84. The van der Waals surface area contributed by atoms with Crippen LogP contribution in [0.4, 0.5) is 13.2 Å². The van der Waals surface area contributed by atoms with Crippen molar-refractivity contribution in [3.63, 3.8) is 0 Å². The minimum Gasteiger partial charge on any atom is -0.394 e. The molecule has 98 valence electrons. The van der Waals surface area contributed by atoms with E-state index in [-0.39, 0.29) is 19.3 Å². The molecule has 0 radical (unpaired) electrons. The number of aliphatic hydroxyl groups excluding tert-OH is 1. The van der Waals surface area contributed by atoms with Crippen LogP contribution in [-0.2, 0) is 4.74 Å². The molecule has 0 spiro atoms. The first-order valence-corrected chi connectivity index (χ1v) is 5.17. The Kier molecular flexibility index (Phi) is 5.72. The van der Waals surface area contributed by atoms with Crippen molar-refractivity contribution in [3.05, 3.63) is 0 Å². The van der Waals surface area contributed by atoms with Crippen LogP contribution in [0.15, 0.2) is 0 Å². The number of nitrogens with one attached hydrogen (secondary N) is 1. The Morgan fingerprint density at radius 3 is 2.06 bits per heavy atom. The van der Waals surface area contributed by atoms with Crippen molar-refractivity contribution in [3.8, 4) is 0 Å². The molecule has 0 aromatic heterocycles. The lowest BCUT2D eigenvalue weighted by Crippen LogP contribution is -2.53. The van der Waals surface area contributed by atoms with Gasteiger partial charge in [0.15, 0.2) is 6.10 Å². The predicted molar refractivity (Wildman–Crippen MR) is 55.2 cm³/mol. The largest absolute Gasteiger partial charge is 0.414 e. The summed E-state index contributed by atoms with van der Waals surface area (Å²) in [7, 11) is 0. The fraction of sp³-hybridized carbons (Fsp3) is 1.00. The summed E-state index contributed by atoms with van der Waals surface area (Å²) in [5.74, 6) is 0. The van der Waals surface area contributed by atoms with Crippen LogP contribution >= 0.6 is 0 Å². The number of hydrogen-bond acceptors (Lipinski definition) is 3. The third-order valence-electron chi connectivity index (χ3n) is 2.10. The van der Waals surface area contributed by atoms with E-state index < -0.39 is 17.8 Å². The second-order valence-electron chi connectivity index (χ2n) is 4.51. The number of alkyl halides is 3. The average molecular weight is 243 g/mol. The van der Waals surface area contributed by atoms with Gasteiger partial charge in [-0.25, -0.2) is 0 Å². The molecular weight excluding hydrogens is 223 g/mol. The molecule has 0 rings (SSSR count). The number of hydrogen-bond donors (Lipinski definition) is 2.